The van der Waals surface area contributed by atoms with E-state index in [-0.39, 0.29) is 5.91 Å². The van der Waals surface area contributed by atoms with Crippen LogP contribution in [0.1, 0.15) is 17.4 Å². The summed E-state index contributed by atoms with van der Waals surface area (Å²) in [5, 5.41) is 6.64. The van der Waals surface area contributed by atoms with Crippen molar-refractivity contribution in [3.05, 3.63) is 57.2 Å². The van der Waals surface area contributed by atoms with Gasteiger partial charge in [0.25, 0.3) is 0 Å². The van der Waals surface area contributed by atoms with Gasteiger partial charge in [-0.1, -0.05) is 35.9 Å². The second-order valence-corrected chi connectivity index (χ2v) is 5.41. The maximum atomic E-state index is 11.7. The Morgan fingerprint density at radius 3 is 2.79 bits per heavy atom. The second kappa shape index (κ2) is 6.50. The van der Waals surface area contributed by atoms with Gasteiger partial charge in [-0.25, -0.2) is 5.43 Å². The molecule has 0 aliphatic carbocycles. The van der Waals surface area contributed by atoms with Gasteiger partial charge in [0.15, 0.2) is 0 Å². The zero-order chi connectivity index (χ0) is 13.7. The maximum Gasteiger partial charge on any atom is 0.245 e. The third kappa shape index (κ3) is 3.91. The first-order valence-corrected chi connectivity index (χ1v) is 7.03. The van der Waals surface area contributed by atoms with Crippen LogP contribution in [-0.4, -0.2) is 11.6 Å². The van der Waals surface area contributed by atoms with Crippen LogP contribution in [0.15, 0.2) is 46.9 Å². The Morgan fingerprint density at radius 2 is 2.11 bits per heavy atom. The Balaban J connectivity index is 1.98. The molecule has 0 saturated heterocycles. The number of nitrogens with one attached hydrogen (secondary N) is 1. The Labute approximate surface area is 120 Å². The van der Waals surface area contributed by atoms with Gasteiger partial charge in [0, 0.05) is 15.5 Å². The summed E-state index contributed by atoms with van der Waals surface area (Å²) in [6, 6.07) is 11.2. The van der Waals surface area contributed by atoms with Crippen molar-refractivity contribution in [2.45, 2.75) is 13.3 Å². The molecule has 2 rings (SSSR count). The fourth-order valence-electron chi connectivity index (χ4n) is 1.57. The quantitative estimate of drug-likeness (QED) is 0.680. The SMILES string of the molecule is CC(=NNC(=O)Cc1cccs1)c1ccccc1Cl. The number of carbonyl (C=O) groups excluding carboxylic acids is 1. The molecule has 1 amide bonds. The van der Waals surface area contributed by atoms with E-state index >= 15 is 0 Å². The first kappa shape index (κ1) is 13.8. The van der Waals surface area contributed by atoms with Crippen LogP contribution >= 0.6 is 22.9 Å². The minimum absolute atomic E-state index is 0.131. The van der Waals surface area contributed by atoms with E-state index in [4.69, 9.17) is 11.6 Å². The van der Waals surface area contributed by atoms with Crippen LogP contribution in [0, 0.1) is 0 Å². The number of halogens is 1. The third-order valence-corrected chi connectivity index (χ3v) is 3.73. The monoisotopic (exact) mass is 292 g/mol. The lowest BCUT2D eigenvalue weighted by molar-refractivity contribution is -0.120. The summed E-state index contributed by atoms with van der Waals surface area (Å²) < 4.78 is 0. The van der Waals surface area contributed by atoms with Gasteiger partial charge < -0.3 is 0 Å². The van der Waals surface area contributed by atoms with E-state index in [2.05, 4.69) is 10.5 Å². The van der Waals surface area contributed by atoms with Crippen molar-refractivity contribution >= 4 is 34.6 Å². The highest BCUT2D eigenvalue weighted by atomic mass is 35.5. The summed E-state index contributed by atoms with van der Waals surface area (Å²) in [7, 11) is 0. The van der Waals surface area contributed by atoms with Gasteiger partial charge in [0.05, 0.1) is 12.1 Å². The molecule has 1 aromatic heterocycles. The average molecular weight is 293 g/mol. The molecule has 2 aromatic rings. The van der Waals surface area contributed by atoms with Crippen LogP contribution in [0.25, 0.3) is 0 Å². The van der Waals surface area contributed by atoms with Crippen LogP contribution in [0.4, 0.5) is 0 Å². The number of hydrazone groups is 1. The highest BCUT2D eigenvalue weighted by Crippen LogP contribution is 2.15. The Morgan fingerprint density at radius 1 is 1.32 bits per heavy atom. The molecule has 1 aromatic carbocycles. The van der Waals surface area contributed by atoms with Crippen molar-refractivity contribution in [2.75, 3.05) is 0 Å². The van der Waals surface area contributed by atoms with E-state index in [0.29, 0.717) is 17.2 Å². The first-order valence-electron chi connectivity index (χ1n) is 5.77. The van der Waals surface area contributed by atoms with E-state index in [0.717, 1.165) is 10.4 Å². The molecule has 1 N–H and O–H groups in total. The fourth-order valence-corrected chi connectivity index (χ4v) is 2.55. The van der Waals surface area contributed by atoms with Crippen molar-refractivity contribution in [2.24, 2.45) is 5.10 Å². The summed E-state index contributed by atoms with van der Waals surface area (Å²) in [6.45, 7) is 1.81. The summed E-state index contributed by atoms with van der Waals surface area (Å²) in [6.07, 6.45) is 0.344. The summed E-state index contributed by atoms with van der Waals surface area (Å²) >= 11 is 7.61. The number of nitrogens with zero attached hydrogens (tertiary/aromatic N) is 1. The number of amides is 1. The summed E-state index contributed by atoms with van der Waals surface area (Å²) in [4.78, 5) is 12.7. The van der Waals surface area contributed by atoms with Crippen LogP contribution in [0.5, 0.6) is 0 Å². The van der Waals surface area contributed by atoms with Gasteiger partial charge in [0.1, 0.15) is 0 Å². The molecule has 0 radical (unpaired) electrons. The van der Waals surface area contributed by atoms with Crippen molar-refractivity contribution in [1.82, 2.24) is 5.43 Å². The highest BCUT2D eigenvalue weighted by Gasteiger charge is 2.05. The lowest BCUT2D eigenvalue weighted by Crippen LogP contribution is -2.20. The Hall–Kier alpha value is -1.65. The van der Waals surface area contributed by atoms with Gasteiger partial charge >= 0.3 is 0 Å². The Kier molecular flexibility index (Phi) is 4.71. The summed E-state index contributed by atoms with van der Waals surface area (Å²) in [5.41, 5.74) is 4.05. The van der Waals surface area contributed by atoms with Crippen LogP contribution in [0.2, 0.25) is 5.02 Å². The normalized spacial score (nSPS) is 11.4. The number of hydrogen-bond acceptors (Lipinski definition) is 3. The molecule has 3 nitrogen and oxygen atoms in total. The molecular weight excluding hydrogens is 280 g/mol. The number of hydrogen-bond donors (Lipinski definition) is 1. The number of thiophene rings is 1. The number of carbonyl (C=O) groups is 1. The van der Waals surface area contributed by atoms with Gasteiger partial charge in [-0.15, -0.1) is 11.3 Å². The first-order chi connectivity index (χ1) is 9.16. The molecular formula is C14H13ClN2OS. The molecule has 19 heavy (non-hydrogen) atoms. The van der Waals surface area contributed by atoms with E-state index in [1.54, 1.807) is 17.4 Å². The molecule has 0 aliphatic rings. The molecule has 98 valence electrons. The van der Waals surface area contributed by atoms with Crippen molar-refractivity contribution in [3.8, 4) is 0 Å². The molecule has 0 spiro atoms. The smallest absolute Gasteiger partial charge is 0.245 e. The third-order valence-electron chi connectivity index (χ3n) is 2.53. The zero-order valence-electron chi connectivity index (χ0n) is 10.4. The molecule has 0 saturated carbocycles. The largest absolute Gasteiger partial charge is 0.273 e. The minimum atomic E-state index is -0.131. The molecule has 1 heterocycles. The summed E-state index contributed by atoms with van der Waals surface area (Å²) in [5.74, 6) is -0.131. The average Bonchev–Trinajstić information content (AvgIpc) is 2.89. The number of rotatable bonds is 4. The number of benzene rings is 1. The van der Waals surface area contributed by atoms with Gasteiger partial charge in [0.2, 0.25) is 5.91 Å². The predicted molar refractivity (Wildman–Crippen MR) is 79.8 cm³/mol. The van der Waals surface area contributed by atoms with E-state index in [9.17, 15) is 4.79 Å². The van der Waals surface area contributed by atoms with Crippen LogP contribution in [-0.2, 0) is 11.2 Å². The van der Waals surface area contributed by atoms with E-state index in [1.807, 2.05) is 42.6 Å². The van der Waals surface area contributed by atoms with E-state index < -0.39 is 0 Å². The van der Waals surface area contributed by atoms with Gasteiger partial charge in [-0.2, -0.15) is 5.10 Å². The molecule has 0 aliphatic heterocycles. The van der Waals surface area contributed by atoms with Gasteiger partial charge in [-0.3, -0.25) is 4.79 Å². The predicted octanol–water partition coefficient (Wildman–Crippen LogP) is 3.48. The Bertz CT molecular complexity index is 593. The molecule has 0 bridgehead atoms. The highest BCUT2D eigenvalue weighted by molar-refractivity contribution is 7.10. The lowest BCUT2D eigenvalue weighted by Gasteiger charge is -2.04. The standard InChI is InChI=1S/C14H13ClN2OS/c1-10(12-6-2-3-7-13(12)15)16-17-14(18)9-11-5-4-8-19-11/h2-8H,9H2,1H3,(H,17,18). The molecule has 0 atom stereocenters. The molecule has 0 unspecified atom stereocenters. The van der Waals surface area contributed by atoms with Crippen molar-refractivity contribution < 1.29 is 4.79 Å². The molecule has 5 heteroatoms. The zero-order valence-corrected chi connectivity index (χ0v) is 12.0. The minimum Gasteiger partial charge on any atom is -0.273 e. The van der Waals surface area contributed by atoms with Crippen LogP contribution < -0.4 is 5.43 Å². The second-order valence-electron chi connectivity index (χ2n) is 3.97. The fraction of sp³-hybridized carbons (Fsp3) is 0.143. The van der Waals surface area contributed by atoms with Gasteiger partial charge in [-0.05, 0) is 24.4 Å². The molecule has 0 fully saturated rings. The van der Waals surface area contributed by atoms with Crippen molar-refractivity contribution in [1.29, 1.82) is 0 Å². The lowest BCUT2D eigenvalue weighted by atomic mass is 10.1. The van der Waals surface area contributed by atoms with Crippen LogP contribution in [0.3, 0.4) is 0 Å². The van der Waals surface area contributed by atoms with E-state index in [1.165, 1.54) is 0 Å². The maximum absolute atomic E-state index is 11.7. The topological polar surface area (TPSA) is 41.5 Å². The van der Waals surface area contributed by atoms with Crippen molar-refractivity contribution in [3.63, 3.8) is 0 Å².